The number of halogens is 2. The van der Waals surface area contributed by atoms with Gasteiger partial charge in [0.15, 0.2) is 0 Å². The van der Waals surface area contributed by atoms with Crippen LogP contribution in [0.15, 0.2) is 53.5 Å². The van der Waals surface area contributed by atoms with Crippen molar-refractivity contribution in [1.29, 1.82) is 0 Å². The molecule has 0 saturated carbocycles. The molecule has 2 amide bonds. The quantitative estimate of drug-likeness (QED) is 0.607. The summed E-state index contributed by atoms with van der Waals surface area (Å²) in [6.45, 7) is 2.22. The molecule has 2 aromatic carbocycles. The van der Waals surface area contributed by atoms with Crippen LogP contribution in [0.2, 0.25) is 5.02 Å². The van der Waals surface area contributed by atoms with E-state index < -0.39 is 11.8 Å². The summed E-state index contributed by atoms with van der Waals surface area (Å²) in [4.78, 5) is 27.0. The predicted octanol–water partition coefficient (Wildman–Crippen LogP) is 4.40. The van der Waals surface area contributed by atoms with Gasteiger partial charge < -0.3 is 19.9 Å². The number of pyridine rings is 1. The van der Waals surface area contributed by atoms with Crippen molar-refractivity contribution in [2.24, 2.45) is 0 Å². The molecule has 0 radical (unpaired) electrons. The monoisotopic (exact) mass is 431 g/mol. The molecular weight excluding hydrogens is 409 g/mol. The topological polar surface area (TPSA) is 74.6 Å². The van der Waals surface area contributed by atoms with E-state index >= 15 is 0 Å². The molecule has 3 rings (SSSR count). The van der Waals surface area contributed by atoms with Crippen LogP contribution >= 0.6 is 11.6 Å². The van der Waals surface area contributed by atoms with Crippen LogP contribution in [0.4, 0.5) is 14.9 Å². The maximum atomic E-state index is 13.4. The summed E-state index contributed by atoms with van der Waals surface area (Å²) in [5, 5.41) is 13.1. The highest BCUT2D eigenvalue weighted by Gasteiger charge is 2.21. The van der Waals surface area contributed by atoms with Crippen LogP contribution in [-0.2, 0) is 6.54 Å². The SMILES string of the molecule is C[C@@H](c1cn(CCCO)c(=O)c2ccccc12)N(C)C(=O)Nc1ccc(F)c(Cl)c1. The molecule has 8 heteroatoms. The normalized spacial score (nSPS) is 12.0. The number of rotatable bonds is 6. The van der Waals surface area contributed by atoms with E-state index in [4.69, 9.17) is 16.7 Å². The van der Waals surface area contributed by atoms with Gasteiger partial charge in [-0.15, -0.1) is 0 Å². The van der Waals surface area contributed by atoms with Crippen LogP contribution in [0.3, 0.4) is 0 Å². The number of hydrogen-bond acceptors (Lipinski definition) is 3. The number of carbonyl (C=O) groups is 1. The summed E-state index contributed by atoms with van der Waals surface area (Å²) in [6, 6.07) is 10.4. The van der Waals surface area contributed by atoms with Gasteiger partial charge in [-0.05, 0) is 48.6 Å². The Bertz CT molecular complexity index is 1130. The Balaban J connectivity index is 1.93. The average molecular weight is 432 g/mol. The second kappa shape index (κ2) is 9.28. The number of nitrogens with one attached hydrogen (secondary N) is 1. The highest BCUT2D eigenvalue weighted by atomic mass is 35.5. The zero-order valence-electron chi connectivity index (χ0n) is 16.7. The molecule has 1 aromatic heterocycles. The van der Waals surface area contributed by atoms with E-state index in [-0.39, 0.29) is 23.2 Å². The Morgan fingerprint density at radius 1 is 1.27 bits per heavy atom. The average Bonchev–Trinajstić information content (AvgIpc) is 2.75. The third kappa shape index (κ3) is 4.47. The van der Waals surface area contributed by atoms with Gasteiger partial charge in [0.2, 0.25) is 0 Å². The molecule has 0 spiro atoms. The van der Waals surface area contributed by atoms with Gasteiger partial charge in [-0.25, -0.2) is 9.18 Å². The summed E-state index contributed by atoms with van der Waals surface area (Å²) in [7, 11) is 1.64. The van der Waals surface area contributed by atoms with Crippen molar-refractivity contribution in [3.63, 3.8) is 0 Å². The number of anilines is 1. The van der Waals surface area contributed by atoms with E-state index in [9.17, 15) is 14.0 Å². The van der Waals surface area contributed by atoms with Gasteiger partial charge in [-0.3, -0.25) is 4.79 Å². The zero-order valence-corrected chi connectivity index (χ0v) is 17.5. The molecule has 0 unspecified atom stereocenters. The molecule has 158 valence electrons. The van der Waals surface area contributed by atoms with Gasteiger partial charge in [0, 0.05) is 37.5 Å². The fourth-order valence-corrected chi connectivity index (χ4v) is 3.46. The summed E-state index contributed by atoms with van der Waals surface area (Å²) in [5.74, 6) is -0.562. The molecule has 0 saturated heterocycles. The van der Waals surface area contributed by atoms with Crippen molar-refractivity contribution in [1.82, 2.24) is 9.47 Å². The number of nitrogens with zero attached hydrogens (tertiary/aromatic N) is 2. The Kier molecular flexibility index (Phi) is 6.74. The lowest BCUT2D eigenvalue weighted by Crippen LogP contribution is -2.34. The molecule has 0 bridgehead atoms. The highest BCUT2D eigenvalue weighted by Crippen LogP contribution is 2.27. The Labute approximate surface area is 178 Å². The number of fused-ring (bicyclic) bond motifs is 1. The minimum Gasteiger partial charge on any atom is -0.396 e. The highest BCUT2D eigenvalue weighted by molar-refractivity contribution is 6.31. The van der Waals surface area contributed by atoms with Gasteiger partial charge in [0.25, 0.3) is 5.56 Å². The van der Waals surface area contributed by atoms with Gasteiger partial charge in [-0.2, -0.15) is 0 Å². The third-order valence-corrected chi connectivity index (χ3v) is 5.39. The number of amides is 2. The minimum absolute atomic E-state index is 0.0211. The Hall–Kier alpha value is -2.90. The number of carbonyl (C=O) groups excluding carboxylic acids is 1. The molecule has 0 aliphatic carbocycles. The molecule has 0 aliphatic heterocycles. The van der Waals surface area contributed by atoms with Crippen molar-refractivity contribution in [2.45, 2.75) is 25.9 Å². The van der Waals surface area contributed by atoms with Crippen molar-refractivity contribution in [2.75, 3.05) is 19.0 Å². The van der Waals surface area contributed by atoms with Gasteiger partial charge >= 0.3 is 6.03 Å². The second-order valence-corrected chi connectivity index (χ2v) is 7.46. The maximum absolute atomic E-state index is 13.4. The first-order chi connectivity index (χ1) is 14.3. The fourth-order valence-electron chi connectivity index (χ4n) is 3.28. The molecule has 2 N–H and O–H groups in total. The van der Waals surface area contributed by atoms with Crippen molar-refractivity contribution in [3.05, 3.63) is 75.4 Å². The molecule has 0 fully saturated rings. The molecule has 0 aliphatic rings. The Morgan fingerprint density at radius 3 is 2.63 bits per heavy atom. The van der Waals surface area contributed by atoms with Gasteiger partial charge in [-0.1, -0.05) is 29.8 Å². The summed E-state index contributed by atoms with van der Waals surface area (Å²) < 4.78 is 14.9. The summed E-state index contributed by atoms with van der Waals surface area (Å²) in [5.41, 5.74) is 1.05. The van der Waals surface area contributed by atoms with E-state index in [1.807, 2.05) is 19.1 Å². The first kappa shape index (κ1) is 21.8. The summed E-state index contributed by atoms with van der Waals surface area (Å²) in [6.07, 6.45) is 2.19. The lowest BCUT2D eigenvalue weighted by Gasteiger charge is -2.27. The molecule has 3 aromatic rings. The van der Waals surface area contributed by atoms with E-state index in [1.165, 1.54) is 23.1 Å². The first-order valence-electron chi connectivity index (χ1n) is 9.55. The fraction of sp³-hybridized carbons (Fsp3) is 0.273. The van der Waals surface area contributed by atoms with Gasteiger partial charge in [0.05, 0.1) is 11.1 Å². The molecule has 30 heavy (non-hydrogen) atoms. The predicted molar refractivity (Wildman–Crippen MR) is 117 cm³/mol. The van der Waals surface area contributed by atoms with Crippen molar-refractivity contribution in [3.8, 4) is 0 Å². The van der Waals surface area contributed by atoms with Crippen LogP contribution in [0.5, 0.6) is 0 Å². The summed E-state index contributed by atoms with van der Waals surface area (Å²) >= 11 is 5.78. The van der Waals surface area contributed by atoms with E-state index in [1.54, 1.807) is 29.9 Å². The zero-order chi connectivity index (χ0) is 21.8. The second-order valence-electron chi connectivity index (χ2n) is 7.05. The van der Waals surface area contributed by atoms with E-state index in [0.717, 1.165) is 10.9 Å². The number of hydrogen-bond donors (Lipinski definition) is 2. The molecule has 1 atom stereocenters. The van der Waals surface area contributed by atoms with Crippen LogP contribution in [0.25, 0.3) is 10.8 Å². The lowest BCUT2D eigenvalue weighted by molar-refractivity contribution is 0.208. The molecule has 1 heterocycles. The molecule has 6 nitrogen and oxygen atoms in total. The standard InChI is InChI=1S/C22H23ClFN3O3/c1-14(26(2)22(30)25-15-8-9-20(24)19(23)12-15)18-13-27(10-5-11-28)21(29)17-7-4-3-6-16(17)18/h3-4,6-9,12-14,28H,5,10-11H2,1-2H3,(H,25,30)/t14-/m0/s1. The first-order valence-corrected chi connectivity index (χ1v) is 9.93. The van der Waals surface area contributed by atoms with Crippen molar-refractivity contribution >= 4 is 34.1 Å². The Morgan fingerprint density at radius 2 is 1.97 bits per heavy atom. The minimum atomic E-state index is -0.562. The number of aliphatic hydroxyl groups excluding tert-OH is 1. The van der Waals surface area contributed by atoms with Gasteiger partial charge in [0.1, 0.15) is 5.82 Å². The van der Waals surface area contributed by atoms with Crippen LogP contribution < -0.4 is 10.9 Å². The lowest BCUT2D eigenvalue weighted by atomic mass is 10.0. The molecular formula is C22H23ClFN3O3. The van der Waals surface area contributed by atoms with Crippen LogP contribution in [0.1, 0.15) is 24.9 Å². The third-order valence-electron chi connectivity index (χ3n) is 5.10. The smallest absolute Gasteiger partial charge is 0.322 e. The number of aryl methyl sites for hydroxylation is 1. The number of urea groups is 1. The largest absolute Gasteiger partial charge is 0.396 e. The maximum Gasteiger partial charge on any atom is 0.322 e. The van der Waals surface area contributed by atoms with E-state index in [2.05, 4.69) is 5.32 Å². The van der Waals surface area contributed by atoms with Crippen LogP contribution in [-0.4, -0.2) is 34.3 Å². The van der Waals surface area contributed by atoms with Crippen LogP contribution in [0, 0.1) is 5.82 Å². The number of aromatic nitrogens is 1. The number of aliphatic hydroxyl groups is 1. The van der Waals surface area contributed by atoms with Crippen molar-refractivity contribution < 1.29 is 14.3 Å². The number of benzene rings is 2. The van der Waals surface area contributed by atoms with E-state index in [0.29, 0.717) is 24.0 Å².